The number of rotatable bonds is 2. The SMILES string of the molecule is CNc1nc(-c2ccnc(C)n2)nc2c1CCCC2. The lowest BCUT2D eigenvalue weighted by atomic mass is 9.96. The van der Waals surface area contributed by atoms with Crippen molar-refractivity contribution in [3.8, 4) is 11.5 Å². The summed E-state index contributed by atoms with van der Waals surface area (Å²) in [6.07, 6.45) is 6.27. The van der Waals surface area contributed by atoms with Crippen LogP contribution in [0.4, 0.5) is 5.82 Å². The predicted molar refractivity (Wildman–Crippen MR) is 74.0 cm³/mol. The number of fused-ring (bicyclic) bond motifs is 1. The van der Waals surface area contributed by atoms with Gasteiger partial charge in [-0.1, -0.05) is 0 Å². The van der Waals surface area contributed by atoms with Crippen molar-refractivity contribution in [2.24, 2.45) is 0 Å². The number of nitrogens with one attached hydrogen (secondary N) is 1. The fraction of sp³-hybridized carbons (Fsp3) is 0.429. The molecule has 5 nitrogen and oxygen atoms in total. The molecule has 0 spiro atoms. The Kier molecular flexibility index (Phi) is 3.11. The lowest BCUT2D eigenvalue weighted by Crippen LogP contribution is -2.12. The van der Waals surface area contributed by atoms with Crippen LogP contribution in [0.5, 0.6) is 0 Å². The number of anilines is 1. The molecule has 2 heterocycles. The van der Waals surface area contributed by atoms with Gasteiger partial charge >= 0.3 is 0 Å². The standard InChI is InChI=1S/C14H17N5/c1-9-16-8-7-12(17-9)14-18-11-6-4-3-5-10(11)13(15-2)19-14/h7-8H,3-6H2,1-2H3,(H,15,18,19). The average molecular weight is 255 g/mol. The molecular formula is C14H17N5. The molecule has 19 heavy (non-hydrogen) atoms. The van der Waals surface area contributed by atoms with Gasteiger partial charge in [0.15, 0.2) is 5.82 Å². The molecule has 98 valence electrons. The zero-order valence-electron chi connectivity index (χ0n) is 11.3. The quantitative estimate of drug-likeness (QED) is 0.891. The minimum Gasteiger partial charge on any atom is -0.373 e. The van der Waals surface area contributed by atoms with E-state index in [1.54, 1.807) is 6.20 Å². The molecule has 5 heteroatoms. The Bertz CT molecular complexity index is 592. The molecule has 0 saturated carbocycles. The van der Waals surface area contributed by atoms with E-state index < -0.39 is 0 Å². The lowest BCUT2D eigenvalue weighted by Gasteiger charge is -2.18. The molecule has 3 rings (SSSR count). The van der Waals surface area contributed by atoms with Crippen LogP contribution >= 0.6 is 0 Å². The van der Waals surface area contributed by atoms with Gasteiger partial charge in [-0.3, -0.25) is 0 Å². The number of nitrogens with zero attached hydrogens (tertiary/aromatic N) is 4. The van der Waals surface area contributed by atoms with Crippen molar-refractivity contribution in [3.63, 3.8) is 0 Å². The largest absolute Gasteiger partial charge is 0.373 e. The summed E-state index contributed by atoms with van der Waals surface area (Å²) >= 11 is 0. The first-order valence-corrected chi connectivity index (χ1v) is 6.65. The van der Waals surface area contributed by atoms with Crippen LogP contribution in [-0.2, 0) is 12.8 Å². The molecule has 0 amide bonds. The summed E-state index contributed by atoms with van der Waals surface area (Å²) in [5.74, 6) is 2.37. The van der Waals surface area contributed by atoms with Crippen molar-refractivity contribution in [1.29, 1.82) is 0 Å². The summed E-state index contributed by atoms with van der Waals surface area (Å²) in [5, 5.41) is 3.19. The molecule has 1 aliphatic rings. The highest BCUT2D eigenvalue weighted by Crippen LogP contribution is 2.27. The Morgan fingerprint density at radius 2 is 1.95 bits per heavy atom. The van der Waals surface area contributed by atoms with Crippen LogP contribution in [0, 0.1) is 6.92 Å². The molecule has 0 saturated heterocycles. The molecule has 0 aliphatic heterocycles. The number of hydrogen-bond acceptors (Lipinski definition) is 5. The van der Waals surface area contributed by atoms with E-state index in [2.05, 4.69) is 20.3 Å². The van der Waals surface area contributed by atoms with Gasteiger partial charge in [0.1, 0.15) is 17.3 Å². The second-order valence-electron chi connectivity index (χ2n) is 4.77. The van der Waals surface area contributed by atoms with Gasteiger partial charge in [-0.05, 0) is 38.7 Å². The van der Waals surface area contributed by atoms with Crippen molar-refractivity contribution >= 4 is 5.82 Å². The molecule has 1 N–H and O–H groups in total. The summed E-state index contributed by atoms with van der Waals surface area (Å²) in [6.45, 7) is 1.88. The highest BCUT2D eigenvalue weighted by Gasteiger charge is 2.18. The molecule has 0 unspecified atom stereocenters. The zero-order valence-corrected chi connectivity index (χ0v) is 11.3. The van der Waals surface area contributed by atoms with E-state index in [-0.39, 0.29) is 0 Å². The second kappa shape index (κ2) is 4.91. The minimum atomic E-state index is 0.690. The van der Waals surface area contributed by atoms with E-state index >= 15 is 0 Å². The van der Waals surface area contributed by atoms with Gasteiger partial charge in [-0.2, -0.15) is 0 Å². The number of aromatic nitrogens is 4. The highest BCUT2D eigenvalue weighted by molar-refractivity contribution is 5.56. The predicted octanol–water partition coefficient (Wildman–Crippen LogP) is 2.16. The monoisotopic (exact) mass is 255 g/mol. The summed E-state index contributed by atoms with van der Waals surface area (Å²) in [7, 11) is 1.91. The molecule has 0 bridgehead atoms. The topological polar surface area (TPSA) is 63.6 Å². The number of aryl methyl sites for hydroxylation is 2. The smallest absolute Gasteiger partial charge is 0.180 e. The normalized spacial score (nSPS) is 14.0. The molecule has 2 aromatic rings. The van der Waals surface area contributed by atoms with Gasteiger partial charge in [0, 0.05) is 24.5 Å². The molecule has 0 aromatic carbocycles. The maximum Gasteiger partial charge on any atom is 0.180 e. The van der Waals surface area contributed by atoms with Crippen LogP contribution < -0.4 is 5.32 Å². The molecule has 0 radical (unpaired) electrons. The first kappa shape index (κ1) is 12.0. The fourth-order valence-electron chi connectivity index (χ4n) is 2.50. The summed E-state index contributed by atoms with van der Waals surface area (Å²) < 4.78 is 0. The second-order valence-corrected chi connectivity index (χ2v) is 4.77. The molecule has 0 atom stereocenters. The van der Waals surface area contributed by atoms with Crippen LogP contribution in [-0.4, -0.2) is 27.0 Å². The van der Waals surface area contributed by atoms with E-state index in [1.165, 1.54) is 18.4 Å². The fourth-order valence-corrected chi connectivity index (χ4v) is 2.50. The van der Waals surface area contributed by atoms with Gasteiger partial charge in [0.05, 0.1) is 0 Å². The van der Waals surface area contributed by atoms with Gasteiger partial charge in [-0.15, -0.1) is 0 Å². The average Bonchev–Trinajstić information content (AvgIpc) is 2.46. The molecular weight excluding hydrogens is 238 g/mol. The third kappa shape index (κ3) is 2.28. The van der Waals surface area contributed by atoms with Crippen LogP contribution in [0.2, 0.25) is 0 Å². The summed E-state index contributed by atoms with van der Waals surface area (Å²) in [6, 6.07) is 1.86. The third-order valence-electron chi connectivity index (χ3n) is 3.43. The Balaban J connectivity index is 2.12. The Labute approximate surface area is 112 Å². The highest BCUT2D eigenvalue weighted by atomic mass is 15.0. The molecule has 1 aliphatic carbocycles. The van der Waals surface area contributed by atoms with Crippen LogP contribution in [0.1, 0.15) is 29.9 Å². The van der Waals surface area contributed by atoms with Gasteiger partial charge in [-0.25, -0.2) is 19.9 Å². The van der Waals surface area contributed by atoms with Crippen molar-refractivity contribution in [3.05, 3.63) is 29.3 Å². The van der Waals surface area contributed by atoms with Gasteiger partial charge in [0.2, 0.25) is 0 Å². The lowest BCUT2D eigenvalue weighted by molar-refractivity contribution is 0.665. The number of hydrogen-bond donors (Lipinski definition) is 1. The van der Waals surface area contributed by atoms with Crippen molar-refractivity contribution in [1.82, 2.24) is 19.9 Å². The third-order valence-corrected chi connectivity index (χ3v) is 3.43. The first-order valence-electron chi connectivity index (χ1n) is 6.65. The molecule has 0 fully saturated rings. The molecule has 2 aromatic heterocycles. The van der Waals surface area contributed by atoms with Crippen molar-refractivity contribution < 1.29 is 0 Å². The van der Waals surface area contributed by atoms with E-state index in [1.807, 2.05) is 20.0 Å². The van der Waals surface area contributed by atoms with E-state index in [4.69, 9.17) is 4.98 Å². The first-order chi connectivity index (χ1) is 9.28. The summed E-state index contributed by atoms with van der Waals surface area (Å²) in [5.41, 5.74) is 3.22. The van der Waals surface area contributed by atoms with E-state index in [0.29, 0.717) is 5.82 Å². The maximum atomic E-state index is 4.69. The van der Waals surface area contributed by atoms with Crippen LogP contribution in [0.25, 0.3) is 11.5 Å². The van der Waals surface area contributed by atoms with Gasteiger partial charge in [0.25, 0.3) is 0 Å². The van der Waals surface area contributed by atoms with E-state index in [9.17, 15) is 0 Å². The Morgan fingerprint density at radius 1 is 1.11 bits per heavy atom. The van der Waals surface area contributed by atoms with Gasteiger partial charge < -0.3 is 5.32 Å². The Hall–Kier alpha value is -2.04. The summed E-state index contributed by atoms with van der Waals surface area (Å²) in [4.78, 5) is 17.8. The van der Waals surface area contributed by atoms with Crippen LogP contribution in [0.15, 0.2) is 12.3 Å². The van der Waals surface area contributed by atoms with E-state index in [0.717, 1.165) is 35.9 Å². The zero-order chi connectivity index (χ0) is 13.2. The minimum absolute atomic E-state index is 0.690. The Morgan fingerprint density at radius 3 is 2.74 bits per heavy atom. The van der Waals surface area contributed by atoms with Crippen molar-refractivity contribution in [2.45, 2.75) is 32.6 Å². The van der Waals surface area contributed by atoms with Crippen LogP contribution in [0.3, 0.4) is 0 Å². The maximum absolute atomic E-state index is 4.69. The van der Waals surface area contributed by atoms with Crippen molar-refractivity contribution in [2.75, 3.05) is 12.4 Å².